The Bertz CT molecular complexity index is 664. The fraction of sp³-hybridized carbons (Fsp3) is 0.611. The van der Waals surface area contributed by atoms with E-state index in [-0.39, 0.29) is 11.7 Å². The molecule has 0 bridgehead atoms. The normalized spacial score (nSPS) is 19.7. The number of rotatable bonds is 4. The Morgan fingerprint density at radius 1 is 1.37 bits per heavy atom. The zero-order valence-electron chi connectivity index (χ0n) is 16.0. The van der Waals surface area contributed by atoms with E-state index in [4.69, 9.17) is 0 Å². The number of amides is 2. The molecule has 0 unspecified atom stereocenters. The number of carbonyl (C=O) groups is 1. The standard InChI is InChI=1S/C18H27F3N4O2/c1-12-10-24(11-13(2)26)7-8-25(12)17(27)22-16-6-5-14(23(3)4)9-15(16)18(19,20)21/h5-6,9,12-13,26H,7-8,10-11H2,1-4H3,(H,22,27)/t12-,13+/m1/s1. The van der Waals surface area contributed by atoms with Gasteiger partial charge in [-0.1, -0.05) is 0 Å². The van der Waals surface area contributed by atoms with Crippen LogP contribution in [0.15, 0.2) is 18.2 Å². The van der Waals surface area contributed by atoms with Gasteiger partial charge in [0.25, 0.3) is 0 Å². The summed E-state index contributed by atoms with van der Waals surface area (Å²) in [6.45, 7) is 5.55. The lowest BCUT2D eigenvalue weighted by atomic mass is 10.1. The van der Waals surface area contributed by atoms with Gasteiger partial charge in [0, 0.05) is 52.0 Å². The van der Waals surface area contributed by atoms with E-state index in [1.165, 1.54) is 17.0 Å². The van der Waals surface area contributed by atoms with Crippen molar-refractivity contribution in [3.63, 3.8) is 0 Å². The minimum atomic E-state index is -4.57. The third-order valence-electron chi connectivity index (χ3n) is 4.56. The summed E-state index contributed by atoms with van der Waals surface area (Å²) in [5.41, 5.74) is -0.723. The fourth-order valence-electron chi connectivity index (χ4n) is 3.22. The molecule has 0 aromatic heterocycles. The Morgan fingerprint density at radius 2 is 2.04 bits per heavy atom. The summed E-state index contributed by atoms with van der Waals surface area (Å²) in [5.74, 6) is 0. The maximum atomic E-state index is 13.4. The second-order valence-electron chi connectivity index (χ2n) is 7.20. The fourth-order valence-corrected chi connectivity index (χ4v) is 3.22. The van der Waals surface area contributed by atoms with Crippen LogP contribution in [0.5, 0.6) is 0 Å². The lowest BCUT2D eigenvalue weighted by Crippen LogP contribution is -2.56. The van der Waals surface area contributed by atoms with Crippen LogP contribution in [0.25, 0.3) is 0 Å². The average Bonchev–Trinajstić information content (AvgIpc) is 2.53. The molecule has 1 aliphatic rings. The van der Waals surface area contributed by atoms with Gasteiger partial charge >= 0.3 is 12.2 Å². The van der Waals surface area contributed by atoms with Crippen LogP contribution in [0, 0.1) is 0 Å². The first-order valence-corrected chi connectivity index (χ1v) is 8.85. The summed E-state index contributed by atoms with van der Waals surface area (Å²) in [6.07, 6.45) is -5.04. The summed E-state index contributed by atoms with van der Waals surface area (Å²) in [4.78, 5) is 17.7. The summed E-state index contributed by atoms with van der Waals surface area (Å²) >= 11 is 0. The number of halogens is 3. The van der Waals surface area contributed by atoms with Crippen LogP contribution < -0.4 is 10.2 Å². The smallest absolute Gasteiger partial charge is 0.392 e. The molecule has 1 aliphatic heterocycles. The number of aliphatic hydroxyl groups is 1. The number of carbonyl (C=O) groups excluding carboxylic acids is 1. The SMILES string of the molecule is C[C@H](O)CN1CCN(C(=O)Nc2ccc(N(C)C)cc2C(F)(F)F)[C@H](C)C1. The van der Waals surface area contributed by atoms with Gasteiger partial charge in [0.1, 0.15) is 0 Å². The number of β-amino-alcohol motifs (C(OH)–C–C–N with tert-alkyl or cyclic N) is 1. The number of hydrogen-bond donors (Lipinski definition) is 2. The van der Waals surface area contributed by atoms with Crippen LogP contribution in [0.2, 0.25) is 0 Å². The number of anilines is 2. The van der Waals surface area contributed by atoms with Crippen molar-refractivity contribution in [1.82, 2.24) is 9.80 Å². The Hall–Kier alpha value is -2.00. The van der Waals surface area contributed by atoms with Crippen molar-refractivity contribution >= 4 is 17.4 Å². The molecule has 1 heterocycles. The van der Waals surface area contributed by atoms with E-state index >= 15 is 0 Å². The van der Waals surface area contributed by atoms with Gasteiger partial charge < -0.3 is 20.2 Å². The second-order valence-corrected chi connectivity index (χ2v) is 7.20. The minimum absolute atomic E-state index is 0.173. The van der Waals surface area contributed by atoms with Crippen molar-refractivity contribution in [1.29, 1.82) is 0 Å². The molecular weight excluding hydrogens is 361 g/mol. The summed E-state index contributed by atoms with van der Waals surface area (Å²) in [5, 5.41) is 11.9. The highest BCUT2D eigenvalue weighted by Gasteiger charge is 2.35. The number of alkyl halides is 3. The minimum Gasteiger partial charge on any atom is -0.392 e. The third-order valence-corrected chi connectivity index (χ3v) is 4.56. The van der Waals surface area contributed by atoms with Crippen molar-refractivity contribution < 1.29 is 23.1 Å². The number of piperazine rings is 1. The first-order valence-electron chi connectivity index (χ1n) is 8.85. The van der Waals surface area contributed by atoms with E-state index < -0.39 is 23.9 Å². The van der Waals surface area contributed by atoms with Gasteiger partial charge in [-0.25, -0.2) is 4.79 Å². The van der Waals surface area contributed by atoms with Crippen molar-refractivity contribution in [3.8, 4) is 0 Å². The average molecular weight is 388 g/mol. The summed E-state index contributed by atoms with van der Waals surface area (Å²) in [7, 11) is 3.31. The molecule has 1 aromatic rings. The molecule has 6 nitrogen and oxygen atoms in total. The van der Waals surface area contributed by atoms with Crippen LogP contribution in [0.3, 0.4) is 0 Å². The zero-order valence-corrected chi connectivity index (χ0v) is 16.0. The van der Waals surface area contributed by atoms with E-state index in [1.807, 2.05) is 11.8 Å². The molecule has 0 saturated carbocycles. The van der Waals surface area contributed by atoms with Crippen LogP contribution in [-0.2, 0) is 6.18 Å². The maximum absolute atomic E-state index is 13.4. The predicted molar refractivity (Wildman–Crippen MR) is 99.1 cm³/mol. The Kier molecular flexibility index (Phi) is 6.59. The van der Waals surface area contributed by atoms with Gasteiger partial charge in [-0.2, -0.15) is 13.2 Å². The third kappa shape index (κ3) is 5.49. The molecule has 152 valence electrons. The van der Waals surface area contributed by atoms with Gasteiger partial charge in [0.2, 0.25) is 0 Å². The molecule has 2 atom stereocenters. The van der Waals surface area contributed by atoms with Crippen LogP contribution in [0.1, 0.15) is 19.4 Å². The van der Waals surface area contributed by atoms with Crippen LogP contribution in [0.4, 0.5) is 29.3 Å². The molecule has 1 saturated heterocycles. The lowest BCUT2D eigenvalue weighted by molar-refractivity contribution is -0.136. The first-order chi connectivity index (χ1) is 12.5. The number of nitrogens with one attached hydrogen (secondary N) is 1. The highest BCUT2D eigenvalue weighted by atomic mass is 19.4. The second kappa shape index (κ2) is 8.35. The van der Waals surface area contributed by atoms with Crippen molar-refractivity contribution in [3.05, 3.63) is 23.8 Å². The molecule has 27 heavy (non-hydrogen) atoms. The van der Waals surface area contributed by atoms with Crippen molar-refractivity contribution in [2.75, 3.05) is 50.5 Å². The molecule has 1 aromatic carbocycles. The van der Waals surface area contributed by atoms with Gasteiger partial charge in [0.15, 0.2) is 0 Å². The van der Waals surface area contributed by atoms with E-state index in [2.05, 4.69) is 5.32 Å². The van der Waals surface area contributed by atoms with Gasteiger partial charge in [-0.15, -0.1) is 0 Å². The van der Waals surface area contributed by atoms with Crippen LogP contribution >= 0.6 is 0 Å². The highest BCUT2D eigenvalue weighted by molar-refractivity contribution is 5.91. The van der Waals surface area contributed by atoms with Crippen LogP contribution in [-0.4, -0.2) is 73.4 Å². The number of benzene rings is 1. The summed E-state index contributed by atoms with van der Waals surface area (Å²) < 4.78 is 40.3. The Labute approximate surface area is 157 Å². The summed E-state index contributed by atoms with van der Waals surface area (Å²) in [6, 6.07) is 3.12. The number of nitrogens with zero attached hydrogens (tertiary/aromatic N) is 3. The Morgan fingerprint density at radius 3 is 2.56 bits per heavy atom. The predicted octanol–water partition coefficient (Wildman–Crippen LogP) is 2.69. The van der Waals surface area contributed by atoms with E-state index in [9.17, 15) is 23.1 Å². The zero-order chi connectivity index (χ0) is 20.4. The van der Waals surface area contributed by atoms with Gasteiger partial charge in [0.05, 0.1) is 17.4 Å². The molecular formula is C18H27F3N4O2. The maximum Gasteiger partial charge on any atom is 0.418 e. The molecule has 0 radical (unpaired) electrons. The monoisotopic (exact) mass is 388 g/mol. The number of urea groups is 1. The topological polar surface area (TPSA) is 59.1 Å². The largest absolute Gasteiger partial charge is 0.418 e. The van der Waals surface area contributed by atoms with Crippen molar-refractivity contribution in [2.24, 2.45) is 0 Å². The van der Waals surface area contributed by atoms with Gasteiger partial charge in [-0.05, 0) is 32.0 Å². The molecule has 0 spiro atoms. The quantitative estimate of drug-likeness (QED) is 0.833. The lowest BCUT2D eigenvalue weighted by Gasteiger charge is -2.40. The van der Waals surface area contributed by atoms with E-state index in [0.717, 1.165) is 6.07 Å². The first kappa shape index (κ1) is 21.3. The molecule has 2 N–H and O–H groups in total. The Balaban J connectivity index is 2.14. The van der Waals surface area contributed by atoms with Gasteiger partial charge in [-0.3, -0.25) is 4.90 Å². The molecule has 2 rings (SSSR count). The van der Waals surface area contributed by atoms with Crippen molar-refractivity contribution in [2.45, 2.75) is 32.2 Å². The number of hydrogen-bond acceptors (Lipinski definition) is 4. The highest BCUT2D eigenvalue weighted by Crippen LogP contribution is 2.37. The van der Waals surface area contributed by atoms with E-state index in [0.29, 0.717) is 31.9 Å². The molecule has 1 fully saturated rings. The molecule has 2 amide bonds. The molecule has 0 aliphatic carbocycles. The number of aliphatic hydroxyl groups excluding tert-OH is 1. The van der Waals surface area contributed by atoms with E-state index in [1.54, 1.807) is 25.9 Å². The molecule has 9 heteroatoms.